The van der Waals surface area contributed by atoms with Crippen molar-refractivity contribution in [3.8, 4) is 5.88 Å². The lowest BCUT2D eigenvalue weighted by atomic mass is 10.0. The summed E-state index contributed by atoms with van der Waals surface area (Å²) in [6.45, 7) is 7.88. The van der Waals surface area contributed by atoms with Crippen molar-refractivity contribution >= 4 is 17.6 Å². The van der Waals surface area contributed by atoms with Crippen molar-refractivity contribution in [1.29, 1.82) is 0 Å². The van der Waals surface area contributed by atoms with E-state index in [0.29, 0.717) is 38.5 Å². The Balaban J connectivity index is 0.00000148. The summed E-state index contributed by atoms with van der Waals surface area (Å²) in [5.74, 6) is 0.671. The number of pyridine rings is 1. The molecule has 1 amide bonds. The number of fused-ring (bicyclic) bond motifs is 2. The van der Waals surface area contributed by atoms with E-state index in [1.54, 1.807) is 9.80 Å². The minimum Gasteiger partial charge on any atom is -0.474 e. The lowest BCUT2D eigenvalue weighted by Crippen LogP contribution is -2.37. The molecule has 0 bridgehead atoms. The van der Waals surface area contributed by atoms with Gasteiger partial charge < -0.3 is 24.0 Å². The van der Waals surface area contributed by atoms with E-state index in [0.717, 1.165) is 30.2 Å². The number of hydrogen-bond acceptors (Lipinski definition) is 7. The number of hydrogen-bond donors (Lipinski definition) is 0. The predicted octanol–water partition coefficient (Wildman–Crippen LogP) is 4.64. The van der Waals surface area contributed by atoms with Gasteiger partial charge in [-0.15, -0.1) is 0 Å². The van der Waals surface area contributed by atoms with E-state index in [1.807, 2.05) is 18.5 Å². The molecule has 0 aromatic carbocycles. The molecule has 1 saturated heterocycles. The van der Waals surface area contributed by atoms with E-state index in [9.17, 15) is 18.0 Å². The van der Waals surface area contributed by atoms with Crippen molar-refractivity contribution in [2.45, 2.75) is 58.8 Å². The molecule has 0 N–H and O–H groups in total. The highest BCUT2D eigenvalue weighted by atomic mass is 19.4. The van der Waals surface area contributed by atoms with Crippen LogP contribution in [0.5, 0.6) is 5.88 Å². The number of carbonyl (C=O) groups is 1. The number of amides is 1. The van der Waals surface area contributed by atoms with E-state index in [1.165, 1.54) is 14.0 Å². The first-order chi connectivity index (χ1) is 17.3. The van der Waals surface area contributed by atoms with E-state index in [-0.39, 0.29) is 36.5 Å². The number of nitrogens with zero attached hydrogens (tertiary/aromatic N) is 5. The SMILES string of the molecule is CC.COC(=O)N1CCc2c(c(N3CCOc4nc(C)c(C(F)(F)F)cc43)nn2C2CCOCC2)C1. The van der Waals surface area contributed by atoms with Gasteiger partial charge in [-0.2, -0.15) is 18.3 Å². The van der Waals surface area contributed by atoms with Gasteiger partial charge in [0.25, 0.3) is 0 Å². The van der Waals surface area contributed by atoms with Crippen molar-refractivity contribution in [2.24, 2.45) is 0 Å². The number of alkyl halides is 3. The summed E-state index contributed by atoms with van der Waals surface area (Å²) >= 11 is 0. The van der Waals surface area contributed by atoms with Gasteiger partial charge in [-0.25, -0.2) is 9.78 Å². The van der Waals surface area contributed by atoms with Gasteiger partial charge in [0.2, 0.25) is 5.88 Å². The summed E-state index contributed by atoms with van der Waals surface area (Å²) in [5, 5.41) is 4.92. The minimum atomic E-state index is -4.54. The number of ether oxygens (including phenoxy) is 3. The maximum absolute atomic E-state index is 13.7. The molecule has 0 aliphatic carbocycles. The standard InChI is InChI=1S/C22H26F3N5O4.C2H6/c1-13-16(22(23,24)25)11-18-20(26-13)34-10-7-29(18)19-15-12-28(21(31)32-2)6-3-17(15)30(27-19)14-4-8-33-9-5-14;1-2/h11,14H,3-10,12H2,1-2H3;1-2H3. The summed E-state index contributed by atoms with van der Waals surface area (Å²) in [5.41, 5.74) is 1.07. The van der Waals surface area contributed by atoms with Gasteiger partial charge in [0.05, 0.1) is 37.5 Å². The van der Waals surface area contributed by atoms with Crippen molar-refractivity contribution in [3.63, 3.8) is 0 Å². The van der Waals surface area contributed by atoms with Crippen molar-refractivity contribution < 1.29 is 32.2 Å². The molecule has 5 heterocycles. The summed E-state index contributed by atoms with van der Waals surface area (Å²) in [7, 11) is 1.33. The Labute approximate surface area is 208 Å². The van der Waals surface area contributed by atoms with Crippen LogP contribution in [0.15, 0.2) is 6.07 Å². The summed E-state index contributed by atoms with van der Waals surface area (Å²) < 4.78 is 59.0. The van der Waals surface area contributed by atoms with Crippen molar-refractivity contribution in [2.75, 3.05) is 44.9 Å². The topological polar surface area (TPSA) is 82.0 Å². The Morgan fingerprint density at radius 1 is 1.17 bits per heavy atom. The second kappa shape index (κ2) is 10.5. The average Bonchev–Trinajstić information content (AvgIpc) is 3.27. The number of aryl methyl sites for hydroxylation is 1. The molecule has 198 valence electrons. The number of halogens is 3. The molecular weight excluding hydrogens is 479 g/mol. The molecule has 0 spiro atoms. The molecule has 2 aromatic heterocycles. The molecule has 3 aliphatic rings. The Kier molecular flexibility index (Phi) is 7.62. The molecule has 1 fully saturated rings. The Morgan fingerprint density at radius 3 is 2.56 bits per heavy atom. The highest BCUT2D eigenvalue weighted by Gasteiger charge is 2.38. The highest BCUT2D eigenvalue weighted by molar-refractivity contribution is 5.72. The fraction of sp³-hybridized carbons (Fsp3) is 0.625. The number of aromatic nitrogens is 3. The maximum atomic E-state index is 13.7. The second-order valence-corrected chi connectivity index (χ2v) is 8.62. The normalized spacial score (nSPS) is 18.0. The van der Waals surface area contributed by atoms with E-state index in [2.05, 4.69) is 4.98 Å². The quantitative estimate of drug-likeness (QED) is 0.581. The zero-order valence-corrected chi connectivity index (χ0v) is 21.0. The van der Waals surface area contributed by atoms with Gasteiger partial charge in [0.15, 0.2) is 5.82 Å². The van der Waals surface area contributed by atoms with Crippen LogP contribution in [0.1, 0.15) is 55.2 Å². The maximum Gasteiger partial charge on any atom is 0.418 e. The van der Waals surface area contributed by atoms with Crippen LogP contribution in [0.3, 0.4) is 0 Å². The smallest absolute Gasteiger partial charge is 0.418 e. The highest BCUT2D eigenvalue weighted by Crippen LogP contribution is 2.43. The van der Waals surface area contributed by atoms with Gasteiger partial charge in [-0.1, -0.05) is 13.8 Å². The molecule has 36 heavy (non-hydrogen) atoms. The van der Waals surface area contributed by atoms with Crippen LogP contribution in [0, 0.1) is 6.92 Å². The van der Waals surface area contributed by atoms with E-state index >= 15 is 0 Å². The summed E-state index contributed by atoms with van der Waals surface area (Å²) in [6, 6.07) is 1.21. The fourth-order valence-electron chi connectivity index (χ4n) is 4.90. The van der Waals surface area contributed by atoms with Crippen LogP contribution in [-0.4, -0.2) is 65.8 Å². The third kappa shape index (κ3) is 4.82. The molecule has 12 heteroatoms. The predicted molar refractivity (Wildman–Crippen MR) is 126 cm³/mol. The number of rotatable bonds is 2. The van der Waals surface area contributed by atoms with Crippen molar-refractivity contribution in [1.82, 2.24) is 19.7 Å². The molecule has 0 saturated carbocycles. The zero-order chi connectivity index (χ0) is 26.0. The third-order valence-corrected chi connectivity index (χ3v) is 6.60. The van der Waals surface area contributed by atoms with Crippen LogP contribution in [0.2, 0.25) is 0 Å². The molecule has 9 nitrogen and oxygen atoms in total. The van der Waals surface area contributed by atoms with E-state index in [4.69, 9.17) is 19.3 Å². The first kappa shape index (κ1) is 26.1. The lowest BCUT2D eigenvalue weighted by Gasteiger charge is -2.32. The Bertz CT molecular complexity index is 1100. The van der Waals surface area contributed by atoms with Gasteiger partial charge in [0.1, 0.15) is 12.3 Å². The van der Waals surface area contributed by atoms with Crippen LogP contribution in [0.4, 0.5) is 29.5 Å². The Hall–Kier alpha value is -3.02. The van der Waals surface area contributed by atoms with Crippen LogP contribution < -0.4 is 9.64 Å². The third-order valence-electron chi connectivity index (χ3n) is 6.60. The van der Waals surface area contributed by atoms with Crippen LogP contribution >= 0.6 is 0 Å². The van der Waals surface area contributed by atoms with Gasteiger partial charge >= 0.3 is 12.3 Å². The molecule has 5 rings (SSSR count). The van der Waals surface area contributed by atoms with Crippen LogP contribution in [-0.2, 0) is 28.6 Å². The number of carbonyl (C=O) groups excluding carboxylic acids is 1. The van der Waals surface area contributed by atoms with Gasteiger partial charge in [0, 0.05) is 37.4 Å². The summed E-state index contributed by atoms with van der Waals surface area (Å²) in [4.78, 5) is 19.7. The van der Waals surface area contributed by atoms with Crippen molar-refractivity contribution in [3.05, 3.63) is 28.6 Å². The molecule has 0 atom stereocenters. The van der Waals surface area contributed by atoms with Gasteiger partial charge in [-0.3, -0.25) is 4.68 Å². The zero-order valence-electron chi connectivity index (χ0n) is 21.0. The first-order valence-electron chi connectivity index (χ1n) is 12.3. The molecule has 3 aliphatic heterocycles. The van der Waals surface area contributed by atoms with Crippen LogP contribution in [0.25, 0.3) is 0 Å². The number of methoxy groups -OCH3 is 1. The molecule has 0 unspecified atom stereocenters. The lowest BCUT2D eigenvalue weighted by molar-refractivity contribution is -0.138. The minimum absolute atomic E-state index is 0.128. The Morgan fingerprint density at radius 2 is 1.89 bits per heavy atom. The fourth-order valence-corrected chi connectivity index (χ4v) is 4.90. The van der Waals surface area contributed by atoms with Gasteiger partial charge in [-0.05, 0) is 25.8 Å². The monoisotopic (exact) mass is 511 g/mol. The number of anilines is 2. The molecular formula is C24H32F3N5O4. The first-order valence-corrected chi connectivity index (χ1v) is 12.3. The summed E-state index contributed by atoms with van der Waals surface area (Å²) in [6.07, 6.45) is -2.82. The largest absolute Gasteiger partial charge is 0.474 e. The molecule has 0 radical (unpaired) electrons. The molecule has 2 aromatic rings. The van der Waals surface area contributed by atoms with E-state index < -0.39 is 17.8 Å². The second-order valence-electron chi connectivity index (χ2n) is 8.62. The average molecular weight is 512 g/mol.